The molecule has 1 aliphatic rings. The lowest BCUT2D eigenvalue weighted by Crippen LogP contribution is -2.13. The molecule has 1 aliphatic carbocycles. The molecule has 4 heteroatoms. The van der Waals surface area contributed by atoms with Crippen molar-refractivity contribution in [2.45, 2.75) is 0 Å². The number of hydrogen-bond donors (Lipinski definition) is 2. The Bertz CT molecular complexity index is 2330. The highest BCUT2D eigenvalue weighted by Crippen LogP contribution is 2.43. The number of nitrogens with one attached hydrogen (secondary N) is 2. The summed E-state index contributed by atoms with van der Waals surface area (Å²) >= 11 is 0. The second kappa shape index (κ2) is 12.2. The summed E-state index contributed by atoms with van der Waals surface area (Å²) in [4.78, 5) is 4.24. The third kappa shape index (κ3) is 5.43. The number of aromatic nitrogens is 1. The standard InChI is InChI=1S/C43H30N4/c44-40-23-22-32(27-41(40)47-46-35-17-9-14-31(26-35)34-16-10-24-45-28-34)30-13-8-15-33(25-30)43-38-20-6-4-18-36(38)42(29-11-2-1-3-12-29)37-19-5-7-21-39(37)43/h1-28,44,46H/b44-40?,47-41-. The zero-order valence-corrected chi connectivity index (χ0v) is 25.6. The summed E-state index contributed by atoms with van der Waals surface area (Å²) in [5, 5.41) is 18.1. The molecule has 0 radical (unpaired) electrons. The number of rotatable bonds is 6. The van der Waals surface area contributed by atoms with Gasteiger partial charge in [0.15, 0.2) is 0 Å². The van der Waals surface area contributed by atoms with E-state index in [0.29, 0.717) is 11.4 Å². The number of nitrogens with zero attached hydrogens (tertiary/aromatic N) is 2. The molecule has 6 aromatic carbocycles. The molecule has 47 heavy (non-hydrogen) atoms. The number of hydrogen-bond acceptors (Lipinski definition) is 4. The van der Waals surface area contributed by atoms with Gasteiger partial charge in [0.2, 0.25) is 0 Å². The Kier molecular flexibility index (Phi) is 7.29. The lowest BCUT2D eigenvalue weighted by atomic mass is 9.85. The van der Waals surface area contributed by atoms with Crippen LogP contribution in [0, 0.1) is 5.41 Å². The molecule has 2 N–H and O–H groups in total. The van der Waals surface area contributed by atoms with Crippen LogP contribution in [-0.4, -0.2) is 16.4 Å². The topological polar surface area (TPSA) is 61.1 Å². The van der Waals surface area contributed by atoms with Gasteiger partial charge < -0.3 is 0 Å². The van der Waals surface area contributed by atoms with Crippen molar-refractivity contribution in [2.75, 3.05) is 5.43 Å². The molecule has 4 nitrogen and oxygen atoms in total. The van der Waals surface area contributed by atoms with Gasteiger partial charge in [0, 0.05) is 18.0 Å². The summed E-state index contributed by atoms with van der Waals surface area (Å²) in [7, 11) is 0. The zero-order chi connectivity index (χ0) is 31.6. The predicted molar refractivity (Wildman–Crippen MR) is 198 cm³/mol. The van der Waals surface area contributed by atoms with Crippen molar-refractivity contribution in [3.8, 4) is 33.4 Å². The normalized spacial score (nSPS) is 13.7. The Balaban J connectivity index is 1.19. The number of allylic oxidation sites excluding steroid dienone is 4. The Labute approximate surface area is 273 Å². The molecule has 0 fully saturated rings. The fourth-order valence-corrected chi connectivity index (χ4v) is 6.44. The van der Waals surface area contributed by atoms with Crippen molar-refractivity contribution >= 4 is 44.2 Å². The maximum Gasteiger partial charge on any atom is 0.109 e. The van der Waals surface area contributed by atoms with E-state index in [1.807, 2.05) is 60.8 Å². The first kappa shape index (κ1) is 28.1. The van der Waals surface area contributed by atoms with E-state index < -0.39 is 0 Å². The van der Waals surface area contributed by atoms with Crippen LogP contribution in [0.25, 0.3) is 60.5 Å². The van der Waals surface area contributed by atoms with Gasteiger partial charge in [-0.3, -0.25) is 15.8 Å². The average Bonchev–Trinajstić information content (AvgIpc) is 3.14. The molecular formula is C43H30N4. The van der Waals surface area contributed by atoms with Gasteiger partial charge in [0.1, 0.15) is 5.71 Å². The molecule has 1 aromatic heterocycles. The van der Waals surface area contributed by atoms with E-state index in [2.05, 4.69) is 119 Å². The molecule has 0 atom stereocenters. The van der Waals surface area contributed by atoms with Crippen molar-refractivity contribution in [3.05, 3.63) is 176 Å². The molecule has 0 spiro atoms. The van der Waals surface area contributed by atoms with Crippen LogP contribution in [0.2, 0.25) is 0 Å². The first-order chi connectivity index (χ1) is 23.2. The summed E-state index contributed by atoms with van der Waals surface area (Å²) in [5.41, 5.74) is 13.9. The van der Waals surface area contributed by atoms with E-state index in [1.165, 1.54) is 38.2 Å². The molecule has 0 saturated heterocycles. The summed E-state index contributed by atoms with van der Waals surface area (Å²) < 4.78 is 0. The van der Waals surface area contributed by atoms with E-state index in [9.17, 15) is 0 Å². The molecule has 8 rings (SSSR count). The van der Waals surface area contributed by atoms with E-state index >= 15 is 0 Å². The van der Waals surface area contributed by atoms with Crippen LogP contribution in [0.1, 0.15) is 5.56 Å². The highest BCUT2D eigenvalue weighted by atomic mass is 15.3. The summed E-state index contributed by atoms with van der Waals surface area (Å²) in [6, 6.07) is 48.8. The van der Waals surface area contributed by atoms with Crippen LogP contribution in [0.4, 0.5) is 5.69 Å². The minimum Gasteiger partial charge on any atom is -0.299 e. The van der Waals surface area contributed by atoms with Crippen LogP contribution < -0.4 is 5.43 Å². The van der Waals surface area contributed by atoms with Crippen LogP contribution in [0.5, 0.6) is 0 Å². The quantitative estimate of drug-likeness (QED) is 0.113. The minimum atomic E-state index is 0.356. The van der Waals surface area contributed by atoms with Gasteiger partial charge in [0.05, 0.1) is 11.4 Å². The third-order valence-corrected chi connectivity index (χ3v) is 8.64. The average molecular weight is 603 g/mol. The van der Waals surface area contributed by atoms with Crippen LogP contribution in [-0.2, 0) is 0 Å². The summed E-state index contributed by atoms with van der Waals surface area (Å²) in [6.07, 6.45) is 9.41. The van der Waals surface area contributed by atoms with Gasteiger partial charge >= 0.3 is 0 Å². The van der Waals surface area contributed by atoms with Gasteiger partial charge in [-0.1, -0.05) is 121 Å². The molecule has 0 bridgehead atoms. The second-order valence-corrected chi connectivity index (χ2v) is 11.6. The molecular weight excluding hydrogens is 573 g/mol. The maximum absolute atomic E-state index is 8.58. The molecule has 1 heterocycles. The smallest absolute Gasteiger partial charge is 0.109 e. The van der Waals surface area contributed by atoms with E-state index in [0.717, 1.165) is 33.5 Å². The second-order valence-electron chi connectivity index (χ2n) is 11.6. The number of hydrazone groups is 1. The fourth-order valence-electron chi connectivity index (χ4n) is 6.44. The summed E-state index contributed by atoms with van der Waals surface area (Å²) in [5.74, 6) is 0. The van der Waals surface area contributed by atoms with E-state index in [-0.39, 0.29) is 0 Å². The van der Waals surface area contributed by atoms with Crippen molar-refractivity contribution in [3.63, 3.8) is 0 Å². The van der Waals surface area contributed by atoms with Crippen molar-refractivity contribution in [2.24, 2.45) is 5.10 Å². The van der Waals surface area contributed by atoms with Gasteiger partial charge in [-0.05, 0) is 96.9 Å². The van der Waals surface area contributed by atoms with Gasteiger partial charge in [-0.15, -0.1) is 0 Å². The lowest BCUT2D eigenvalue weighted by molar-refractivity contribution is 1.32. The fraction of sp³-hybridized carbons (Fsp3) is 0. The predicted octanol–water partition coefficient (Wildman–Crippen LogP) is 10.8. The molecule has 0 amide bonds. The molecule has 0 aliphatic heterocycles. The Hall–Kier alpha value is -6.39. The Morgan fingerprint density at radius 2 is 1.11 bits per heavy atom. The first-order valence-electron chi connectivity index (χ1n) is 15.7. The van der Waals surface area contributed by atoms with E-state index in [1.54, 1.807) is 6.20 Å². The monoisotopic (exact) mass is 602 g/mol. The van der Waals surface area contributed by atoms with Crippen molar-refractivity contribution in [1.29, 1.82) is 5.41 Å². The minimum absolute atomic E-state index is 0.356. The van der Waals surface area contributed by atoms with Gasteiger partial charge in [-0.25, -0.2) is 0 Å². The van der Waals surface area contributed by atoms with Crippen LogP contribution >= 0.6 is 0 Å². The zero-order valence-electron chi connectivity index (χ0n) is 25.6. The maximum atomic E-state index is 8.58. The highest BCUT2D eigenvalue weighted by Gasteiger charge is 2.17. The molecule has 7 aromatic rings. The molecule has 0 unspecified atom stereocenters. The largest absolute Gasteiger partial charge is 0.299 e. The van der Waals surface area contributed by atoms with E-state index in [4.69, 9.17) is 5.41 Å². The van der Waals surface area contributed by atoms with Crippen LogP contribution in [0.15, 0.2) is 175 Å². The number of anilines is 1. The van der Waals surface area contributed by atoms with Crippen molar-refractivity contribution < 1.29 is 0 Å². The SMILES string of the molecule is N=C1C=CC(c2cccc(-c3c4ccccc4c(-c4ccccc4)c4ccccc34)c2)=C/C1=N/Nc1cccc(-c2cccnc2)c1. The molecule has 0 saturated carbocycles. The first-order valence-corrected chi connectivity index (χ1v) is 15.7. The van der Waals surface area contributed by atoms with Gasteiger partial charge in [-0.2, -0.15) is 5.10 Å². The number of benzene rings is 6. The number of pyridine rings is 1. The highest BCUT2D eigenvalue weighted by molar-refractivity contribution is 6.51. The number of fused-ring (bicyclic) bond motifs is 2. The molecule has 222 valence electrons. The van der Waals surface area contributed by atoms with Crippen molar-refractivity contribution in [1.82, 2.24) is 4.98 Å². The Morgan fingerprint density at radius 1 is 0.511 bits per heavy atom. The lowest BCUT2D eigenvalue weighted by Gasteiger charge is -2.18. The third-order valence-electron chi connectivity index (χ3n) is 8.64. The summed E-state index contributed by atoms with van der Waals surface area (Å²) in [6.45, 7) is 0. The Morgan fingerprint density at radius 3 is 1.81 bits per heavy atom. The van der Waals surface area contributed by atoms with Gasteiger partial charge in [0.25, 0.3) is 0 Å². The van der Waals surface area contributed by atoms with Crippen LogP contribution in [0.3, 0.4) is 0 Å².